The van der Waals surface area contributed by atoms with Crippen LogP contribution >= 0.6 is 0 Å². The molecule has 0 aliphatic rings. The van der Waals surface area contributed by atoms with Crippen molar-refractivity contribution >= 4 is 15.8 Å². The molecule has 100 valence electrons. The second kappa shape index (κ2) is 5.97. The molecular formula is C12H17NO4S. The van der Waals surface area contributed by atoms with Gasteiger partial charge in [-0.3, -0.25) is 4.79 Å². The van der Waals surface area contributed by atoms with Gasteiger partial charge in [-0.15, -0.1) is 0 Å². The number of carbonyl (C=O) groups excluding carboxylic acids is 1. The molecule has 0 radical (unpaired) electrons. The van der Waals surface area contributed by atoms with Crippen molar-refractivity contribution in [1.29, 1.82) is 0 Å². The summed E-state index contributed by atoms with van der Waals surface area (Å²) in [4.78, 5) is 11.1. The van der Waals surface area contributed by atoms with Gasteiger partial charge in [0.05, 0.1) is 16.7 Å². The first-order valence-corrected chi connectivity index (χ1v) is 7.11. The minimum Gasteiger partial charge on any atom is -0.460 e. The normalized spacial score (nSPS) is 11.6. The second-order valence-corrected chi connectivity index (χ2v) is 6.61. The van der Waals surface area contributed by atoms with Crippen LogP contribution in [0.2, 0.25) is 0 Å². The highest BCUT2D eigenvalue weighted by Crippen LogP contribution is 2.16. The smallest absolute Gasteiger partial charge is 0.320 e. The molecule has 0 spiro atoms. The van der Waals surface area contributed by atoms with Gasteiger partial charge in [0.15, 0.2) is 9.84 Å². The highest BCUT2D eigenvalue weighted by atomic mass is 32.2. The summed E-state index contributed by atoms with van der Waals surface area (Å²) in [6.07, 6.45) is 0. The molecule has 0 saturated heterocycles. The van der Waals surface area contributed by atoms with Gasteiger partial charge in [-0.05, 0) is 31.5 Å². The Kier molecular flexibility index (Phi) is 4.86. The molecule has 1 aromatic carbocycles. The van der Waals surface area contributed by atoms with Crippen molar-refractivity contribution in [1.82, 2.24) is 0 Å². The lowest BCUT2D eigenvalue weighted by Crippen LogP contribution is -2.16. The molecule has 0 amide bonds. The Morgan fingerprint density at radius 2 is 1.83 bits per heavy atom. The average molecular weight is 271 g/mol. The first-order chi connectivity index (χ1) is 8.37. The van der Waals surface area contributed by atoms with E-state index in [1.807, 2.05) is 0 Å². The fourth-order valence-corrected chi connectivity index (χ4v) is 2.33. The molecule has 18 heavy (non-hydrogen) atoms. The van der Waals surface area contributed by atoms with Crippen molar-refractivity contribution in [3.63, 3.8) is 0 Å². The molecule has 0 fully saturated rings. The Morgan fingerprint density at radius 3 is 2.28 bits per heavy atom. The van der Waals surface area contributed by atoms with E-state index < -0.39 is 21.1 Å². The number of esters is 1. The van der Waals surface area contributed by atoms with Crippen molar-refractivity contribution in [2.24, 2.45) is 5.73 Å². The predicted octanol–water partition coefficient (Wildman–Crippen LogP) is 0.871. The SMILES string of the molecule is CC(C)S(=O)(=O)c1ccc(COC(=O)CN)cc1. The van der Waals surface area contributed by atoms with Gasteiger partial charge in [0.2, 0.25) is 0 Å². The molecule has 0 saturated carbocycles. The largest absolute Gasteiger partial charge is 0.460 e. The quantitative estimate of drug-likeness (QED) is 0.803. The van der Waals surface area contributed by atoms with Crippen LogP contribution in [0.25, 0.3) is 0 Å². The maximum absolute atomic E-state index is 11.9. The van der Waals surface area contributed by atoms with Gasteiger partial charge in [-0.25, -0.2) is 8.42 Å². The highest BCUT2D eigenvalue weighted by molar-refractivity contribution is 7.92. The standard InChI is InChI=1S/C12H17NO4S/c1-9(2)18(15,16)11-5-3-10(4-6-11)8-17-12(14)7-13/h3-6,9H,7-8,13H2,1-2H3. The first-order valence-electron chi connectivity index (χ1n) is 5.56. The summed E-state index contributed by atoms with van der Waals surface area (Å²) in [5.41, 5.74) is 5.82. The zero-order valence-corrected chi connectivity index (χ0v) is 11.2. The lowest BCUT2D eigenvalue weighted by atomic mass is 10.2. The van der Waals surface area contributed by atoms with Crippen molar-refractivity contribution in [2.45, 2.75) is 30.6 Å². The number of nitrogens with two attached hydrogens (primary N) is 1. The summed E-state index contributed by atoms with van der Waals surface area (Å²) in [5.74, 6) is -0.492. The van der Waals surface area contributed by atoms with Gasteiger partial charge in [-0.2, -0.15) is 0 Å². The molecular weight excluding hydrogens is 254 g/mol. The number of ether oxygens (including phenoxy) is 1. The molecule has 2 N–H and O–H groups in total. The molecule has 0 aromatic heterocycles. The summed E-state index contributed by atoms with van der Waals surface area (Å²) < 4.78 is 28.5. The molecule has 0 aliphatic carbocycles. The Labute approximate surface area is 107 Å². The first kappa shape index (κ1) is 14.7. The zero-order valence-electron chi connectivity index (χ0n) is 10.4. The molecule has 6 heteroatoms. The van der Waals surface area contributed by atoms with E-state index in [2.05, 4.69) is 0 Å². The third-order valence-corrected chi connectivity index (χ3v) is 4.61. The third kappa shape index (κ3) is 3.54. The topological polar surface area (TPSA) is 86.5 Å². The minimum absolute atomic E-state index is 0.0953. The van der Waals surface area contributed by atoms with E-state index in [1.54, 1.807) is 26.0 Å². The van der Waals surface area contributed by atoms with E-state index in [-0.39, 0.29) is 18.0 Å². The summed E-state index contributed by atoms with van der Waals surface area (Å²) in [6, 6.07) is 6.28. The van der Waals surface area contributed by atoms with Crippen molar-refractivity contribution < 1.29 is 17.9 Å². The van der Waals surface area contributed by atoms with Crippen molar-refractivity contribution in [3.05, 3.63) is 29.8 Å². The summed E-state index contributed by atoms with van der Waals surface area (Å²) >= 11 is 0. The highest BCUT2D eigenvalue weighted by Gasteiger charge is 2.18. The number of hydrogen-bond donors (Lipinski definition) is 1. The maximum Gasteiger partial charge on any atom is 0.320 e. The van der Waals surface area contributed by atoms with Crippen LogP contribution in [0.5, 0.6) is 0 Å². The van der Waals surface area contributed by atoms with E-state index in [4.69, 9.17) is 10.5 Å². The molecule has 0 atom stereocenters. The van der Waals surface area contributed by atoms with Gasteiger partial charge >= 0.3 is 5.97 Å². The summed E-state index contributed by atoms with van der Waals surface area (Å²) in [7, 11) is -3.26. The van der Waals surface area contributed by atoms with Gasteiger partial charge in [0.25, 0.3) is 0 Å². The van der Waals surface area contributed by atoms with Crippen LogP contribution < -0.4 is 5.73 Å². The summed E-state index contributed by atoms with van der Waals surface area (Å²) in [5, 5.41) is -0.460. The molecule has 0 heterocycles. The zero-order chi connectivity index (χ0) is 13.8. The van der Waals surface area contributed by atoms with E-state index in [1.165, 1.54) is 12.1 Å². The van der Waals surface area contributed by atoms with Crippen LogP contribution in [-0.4, -0.2) is 26.2 Å². The van der Waals surface area contributed by atoms with Crippen LogP contribution in [-0.2, 0) is 26.0 Å². The monoisotopic (exact) mass is 271 g/mol. The molecule has 0 aliphatic heterocycles. The van der Waals surface area contributed by atoms with Crippen LogP contribution in [0, 0.1) is 0 Å². The van der Waals surface area contributed by atoms with Crippen molar-refractivity contribution in [3.8, 4) is 0 Å². The van der Waals surface area contributed by atoms with Gasteiger partial charge in [0.1, 0.15) is 6.61 Å². The Balaban J connectivity index is 2.78. The van der Waals surface area contributed by atoms with Crippen molar-refractivity contribution in [2.75, 3.05) is 6.54 Å². The second-order valence-electron chi connectivity index (χ2n) is 4.10. The molecule has 1 aromatic rings. The maximum atomic E-state index is 11.9. The minimum atomic E-state index is -3.26. The van der Waals surface area contributed by atoms with Gasteiger partial charge in [0, 0.05) is 0 Å². The molecule has 1 rings (SSSR count). The Hall–Kier alpha value is -1.40. The van der Waals surface area contributed by atoms with E-state index in [9.17, 15) is 13.2 Å². The number of hydrogen-bond acceptors (Lipinski definition) is 5. The number of rotatable bonds is 5. The van der Waals surface area contributed by atoms with E-state index in [0.717, 1.165) is 5.56 Å². The van der Waals surface area contributed by atoms with Crippen LogP contribution in [0.1, 0.15) is 19.4 Å². The molecule has 5 nitrogen and oxygen atoms in total. The third-order valence-electron chi connectivity index (χ3n) is 2.44. The Morgan fingerprint density at radius 1 is 1.28 bits per heavy atom. The van der Waals surface area contributed by atoms with Crippen LogP contribution in [0.4, 0.5) is 0 Å². The van der Waals surface area contributed by atoms with Gasteiger partial charge in [-0.1, -0.05) is 12.1 Å². The molecule has 0 bridgehead atoms. The number of sulfone groups is 1. The average Bonchev–Trinajstić information content (AvgIpc) is 2.36. The number of benzene rings is 1. The number of carbonyl (C=O) groups is 1. The predicted molar refractivity (Wildman–Crippen MR) is 67.6 cm³/mol. The fourth-order valence-electron chi connectivity index (χ4n) is 1.27. The van der Waals surface area contributed by atoms with Crippen LogP contribution in [0.3, 0.4) is 0 Å². The Bertz CT molecular complexity index is 505. The van der Waals surface area contributed by atoms with E-state index in [0.29, 0.717) is 0 Å². The van der Waals surface area contributed by atoms with Crippen LogP contribution in [0.15, 0.2) is 29.2 Å². The lowest BCUT2D eigenvalue weighted by Gasteiger charge is -2.08. The summed E-state index contributed by atoms with van der Waals surface area (Å²) in [6.45, 7) is 3.19. The molecule has 0 unspecified atom stereocenters. The van der Waals surface area contributed by atoms with Gasteiger partial charge < -0.3 is 10.5 Å². The lowest BCUT2D eigenvalue weighted by molar-refractivity contribution is -0.143. The fraction of sp³-hybridized carbons (Fsp3) is 0.417. The van der Waals surface area contributed by atoms with E-state index >= 15 is 0 Å².